The van der Waals surface area contributed by atoms with Gasteiger partial charge in [-0.2, -0.15) is 0 Å². The average Bonchev–Trinajstić information content (AvgIpc) is 3.36. The van der Waals surface area contributed by atoms with Crippen molar-refractivity contribution in [3.8, 4) is 0 Å². The van der Waals surface area contributed by atoms with Crippen LogP contribution in [-0.4, -0.2) is 35.6 Å². The Morgan fingerprint density at radius 1 is 1.25 bits per heavy atom. The maximum atomic E-state index is 12.5. The number of aliphatic hydroxyl groups excluding tert-OH is 1. The van der Waals surface area contributed by atoms with E-state index >= 15 is 0 Å². The van der Waals surface area contributed by atoms with Crippen LogP contribution in [0.25, 0.3) is 0 Å². The Kier molecular flexibility index (Phi) is 4.90. The molecule has 0 radical (unpaired) electrons. The van der Waals surface area contributed by atoms with E-state index in [2.05, 4.69) is 22.8 Å². The number of nitrogens with one attached hydrogen (secondary N) is 2. The quantitative estimate of drug-likeness (QED) is 0.709. The number of amides is 2. The van der Waals surface area contributed by atoms with Crippen LogP contribution in [0.4, 0.5) is 0 Å². The first-order valence-corrected chi connectivity index (χ1v) is 8.83. The van der Waals surface area contributed by atoms with Crippen molar-refractivity contribution < 1.29 is 14.7 Å². The third-order valence-electron chi connectivity index (χ3n) is 5.31. The molecule has 1 aromatic rings. The van der Waals surface area contributed by atoms with Gasteiger partial charge in [-0.15, -0.1) is 0 Å². The summed E-state index contributed by atoms with van der Waals surface area (Å²) in [5.74, 6) is -0.417. The van der Waals surface area contributed by atoms with Crippen LogP contribution < -0.4 is 10.6 Å². The fourth-order valence-electron chi connectivity index (χ4n) is 3.35. The van der Waals surface area contributed by atoms with Crippen LogP contribution in [0, 0.1) is 5.92 Å². The number of carbonyl (C=O) groups is 2. The summed E-state index contributed by atoms with van der Waals surface area (Å²) < 4.78 is 0. The highest BCUT2D eigenvalue weighted by Crippen LogP contribution is 2.43. The number of hydrogen-bond donors (Lipinski definition) is 3. The molecule has 2 amide bonds. The number of hydrogen-bond acceptors (Lipinski definition) is 3. The van der Waals surface area contributed by atoms with Gasteiger partial charge >= 0.3 is 0 Å². The topological polar surface area (TPSA) is 78.4 Å². The summed E-state index contributed by atoms with van der Waals surface area (Å²) in [5.41, 5.74) is 1.23. The van der Waals surface area contributed by atoms with Crippen LogP contribution in [-0.2, 0) is 15.0 Å². The van der Waals surface area contributed by atoms with E-state index in [0.717, 1.165) is 32.1 Å². The molecule has 2 fully saturated rings. The zero-order valence-electron chi connectivity index (χ0n) is 14.1. The van der Waals surface area contributed by atoms with Crippen LogP contribution in [0.5, 0.6) is 0 Å². The highest BCUT2D eigenvalue weighted by molar-refractivity contribution is 5.89. The maximum absolute atomic E-state index is 12.5. The maximum Gasteiger partial charge on any atom is 0.245 e. The van der Waals surface area contributed by atoms with Crippen LogP contribution in [0.1, 0.15) is 44.6 Å². The van der Waals surface area contributed by atoms with Crippen molar-refractivity contribution in [2.75, 3.05) is 6.54 Å². The Bertz CT molecular complexity index is 592. The number of carbonyl (C=O) groups excluding carboxylic acids is 2. The van der Waals surface area contributed by atoms with E-state index in [1.807, 2.05) is 18.2 Å². The second-order valence-corrected chi connectivity index (χ2v) is 7.22. The van der Waals surface area contributed by atoms with Crippen molar-refractivity contribution in [3.63, 3.8) is 0 Å². The second kappa shape index (κ2) is 6.93. The smallest absolute Gasteiger partial charge is 0.245 e. The van der Waals surface area contributed by atoms with Gasteiger partial charge in [0.15, 0.2) is 0 Å². The summed E-state index contributed by atoms with van der Waals surface area (Å²) in [6.45, 7) is 2.08. The van der Waals surface area contributed by atoms with Crippen molar-refractivity contribution in [3.05, 3.63) is 35.9 Å². The van der Waals surface area contributed by atoms with Gasteiger partial charge in [0.1, 0.15) is 6.04 Å². The predicted molar refractivity (Wildman–Crippen MR) is 91.3 cm³/mol. The molecule has 0 aliphatic heterocycles. The molecular weight excluding hydrogens is 304 g/mol. The Labute approximate surface area is 142 Å². The summed E-state index contributed by atoms with van der Waals surface area (Å²) in [5, 5.41) is 15.5. The monoisotopic (exact) mass is 330 g/mol. The SMILES string of the molecule is CC(O)C(NC(=O)C1CC1)C(=O)NCC1(c2ccccc2)CCC1. The molecule has 130 valence electrons. The van der Waals surface area contributed by atoms with Crippen molar-refractivity contribution >= 4 is 11.8 Å². The third kappa shape index (κ3) is 3.61. The normalized spacial score (nSPS) is 21.2. The summed E-state index contributed by atoms with van der Waals surface area (Å²) in [6, 6.07) is 9.35. The summed E-state index contributed by atoms with van der Waals surface area (Å²) in [7, 11) is 0. The van der Waals surface area contributed by atoms with Gasteiger partial charge in [-0.1, -0.05) is 36.8 Å². The molecule has 2 atom stereocenters. The number of aliphatic hydroxyl groups is 1. The third-order valence-corrected chi connectivity index (χ3v) is 5.31. The Balaban J connectivity index is 1.61. The molecule has 3 rings (SSSR count). The van der Waals surface area contributed by atoms with E-state index < -0.39 is 12.1 Å². The second-order valence-electron chi connectivity index (χ2n) is 7.22. The minimum absolute atomic E-state index is 0.0132. The lowest BCUT2D eigenvalue weighted by atomic mass is 9.64. The first kappa shape index (κ1) is 17.0. The average molecular weight is 330 g/mol. The van der Waals surface area contributed by atoms with Crippen LogP contribution in [0.2, 0.25) is 0 Å². The summed E-state index contributed by atoms with van der Waals surface area (Å²) >= 11 is 0. The fraction of sp³-hybridized carbons (Fsp3) is 0.579. The minimum Gasteiger partial charge on any atom is -0.391 e. The molecule has 0 spiro atoms. The minimum atomic E-state index is -0.915. The first-order chi connectivity index (χ1) is 11.5. The summed E-state index contributed by atoms with van der Waals surface area (Å²) in [4.78, 5) is 24.4. The number of rotatable bonds is 7. The standard InChI is InChI=1S/C19H26N2O3/c1-13(22)16(21-17(23)14-8-9-14)18(24)20-12-19(10-5-11-19)15-6-3-2-4-7-15/h2-4,6-7,13-14,16,22H,5,8-12H2,1H3,(H,20,24)(H,21,23). The fourth-order valence-corrected chi connectivity index (χ4v) is 3.35. The van der Waals surface area contributed by atoms with Gasteiger partial charge in [-0.3, -0.25) is 9.59 Å². The lowest BCUT2D eigenvalue weighted by molar-refractivity contribution is -0.132. The van der Waals surface area contributed by atoms with E-state index in [1.165, 1.54) is 12.5 Å². The highest BCUT2D eigenvalue weighted by atomic mass is 16.3. The van der Waals surface area contributed by atoms with Crippen molar-refractivity contribution in [1.82, 2.24) is 10.6 Å². The molecule has 1 aromatic carbocycles. The van der Waals surface area contributed by atoms with Gasteiger partial charge in [0.25, 0.3) is 0 Å². The Morgan fingerprint density at radius 2 is 1.92 bits per heavy atom. The zero-order valence-corrected chi connectivity index (χ0v) is 14.1. The predicted octanol–water partition coefficient (Wildman–Crippen LogP) is 1.50. The molecule has 2 aliphatic rings. The van der Waals surface area contributed by atoms with Gasteiger partial charge in [0.2, 0.25) is 11.8 Å². The van der Waals surface area contributed by atoms with Crippen molar-refractivity contribution in [2.45, 2.75) is 56.6 Å². The Hall–Kier alpha value is -1.88. The highest BCUT2D eigenvalue weighted by Gasteiger charge is 2.40. The lowest BCUT2D eigenvalue weighted by Crippen LogP contribution is -2.55. The first-order valence-electron chi connectivity index (χ1n) is 8.83. The van der Waals surface area contributed by atoms with E-state index in [0.29, 0.717) is 6.54 Å². The van der Waals surface area contributed by atoms with E-state index in [-0.39, 0.29) is 23.1 Å². The molecule has 2 aliphatic carbocycles. The molecule has 5 nitrogen and oxygen atoms in total. The molecule has 24 heavy (non-hydrogen) atoms. The number of benzene rings is 1. The molecule has 0 saturated heterocycles. The zero-order chi connectivity index (χ0) is 17.2. The molecule has 3 N–H and O–H groups in total. The molecule has 2 saturated carbocycles. The largest absolute Gasteiger partial charge is 0.391 e. The lowest BCUT2D eigenvalue weighted by Gasteiger charge is -2.43. The molecule has 2 unspecified atom stereocenters. The van der Waals surface area contributed by atoms with Crippen molar-refractivity contribution in [2.24, 2.45) is 5.92 Å². The molecule has 0 aromatic heterocycles. The van der Waals surface area contributed by atoms with Crippen molar-refractivity contribution in [1.29, 1.82) is 0 Å². The Morgan fingerprint density at radius 3 is 2.42 bits per heavy atom. The van der Waals surface area contributed by atoms with E-state index in [1.54, 1.807) is 0 Å². The van der Waals surface area contributed by atoms with E-state index in [9.17, 15) is 14.7 Å². The molecule has 5 heteroatoms. The van der Waals surface area contributed by atoms with Gasteiger partial charge in [0.05, 0.1) is 6.10 Å². The van der Waals surface area contributed by atoms with Crippen LogP contribution in [0.15, 0.2) is 30.3 Å². The summed E-state index contributed by atoms with van der Waals surface area (Å²) in [6.07, 6.45) is 4.08. The van der Waals surface area contributed by atoms with Crippen LogP contribution in [0.3, 0.4) is 0 Å². The molecule has 0 heterocycles. The van der Waals surface area contributed by atoms with Gasteiger partial charge < -0.3 is 15.7 Å². The van der Waals surface area contributed by atoms with Crippen LogP contribution >= 0.6 is 0 Å². The van der Waals surface area contributed by atoms with Gasteiger partial charge in [-0.05, 0) is 38.2 Å². The van der Waals surface area contributed by atoms with Gasteiger partial charge in [-0.25, -0.2) is 0 Å². The molecular formula is C19H26N2O3. The van der Waals surface area contributed by atoms with Gasteiger partial charge in [0, 0.05) is 17.9 Å². The van der Waals surface area contributed by atoms with E-state index in [4.69, 9.17) is 0 Å². The molecule has 0 bridgehead atoms.